The van der Waals surface area contributed by atoms with Gasteiger partial charge in [-0.3, -0.25) is 4.57 Å². The molecule has 0 saturated heterocycles. The predicted octanol–water partition coefficient (Wildman–Crippen LogP) is 14.3. The number of hydrogen-bond acceptors (Lipinski definition) is 1. The van der Waals surface area contributed by atoms with E-state index in [4.69, 9.17) is 4.98 Å². The largest absolute Gasteiger partial charge is 0.299 e. The van der Waals surface area contributed by atoms with Crippen LogP contribution in [0.3, 0.4) is 0 Å². The van der Waals surface area contributed by atoms with Gasteiger partial charge >= 0.3 is 0 Å². The number of nitrogens with zero attached hydrogens (tertiary/aromatic N) is 2. The minimum atomic E-state index is 0.994. The second-order valence-corrected chi connectivity index (χ2v) is 14.3. The Morgan fingerprint density at radius 3 is 1.60 bits per heavy atom. The lowest BCUT2D eigenvalue weighted by atomic mass is 9.81. The Bertz CT molecular complexity index is 3250. The number of hydrogen-bond donors (Lipinski definition) is 0. The smallest absolute Gasteiger partial charge is 0.100 e. The normalized spacial score (nSPS) is 11.6. The lowest BCUT2D eigenvalue weighted by molar-refractivity contribution is 1.09. The summed E-state index contributed by atoms with van der Waals surface area (Å²) in [5.74, 6) is 0. The van der Waals surface area contributed by atoms with Crippen LogP contribution in [0.1, 0.15) is 0 Å². The Morgan fingerprint density at radius 2 is 0.855 bits per heavy atom. The highest BCUT2D eigenvalue weighted by atomic mass is 15.0. The SMILES string of the molecule is c1ccc(-c2cccc3c2ncn3-c2cccc(-c3cccc4c(-c5cccc6ccccc56)c5ccccc5c(-c5cccc6ccccc56)c34)c2)cc1. The molecular formula is C53H34N2. The predicted molar refractivity (Wildman–Crippen MR) is 233 cm³/mol. The van der Waals surface area contributed by atoms with Gasteiger partial charge in [0.2, 0.25) is 0 Å². The first-order chi connectivity index (χ1) is 27.3. The van der Waals surface area contributed by atoms with Crippen molar-refractivity contribution in [1.29, 1.82) is 0 Å². The van der Waals surface area contributed by atoms with E-state index < -0.39 is 0 Å². The van der Waals surface area contributed by atoms with Crippen molar-refractivity contribution in [2.45, 2.75) is 0 Å². The van der Waals surface area contributed by atoms with Gasteiger partial charge in [0.15, 0.2) is 0 Å². The number of para-hydroxylation sites is 1. The minimum absolute atomic E-state index is 0.994. The topological polar surface area (TPSA) is 17.8 Å². The van der Waals surface area contributed by atoms with E-state index in [1.165, 1.54) is 70.9 Å². The molecule has 0 unspecified atom stereocenters. The summed E-state index contributed by atoms with van der Waals surface area (Å²) in [6.45, 7) is 0. The molecule has 2 heteroatoms. The maximum absolute atomic E-state index is 4.97. The Kier molecular flexibility index (Phi) is 7.21. The molecule has 0 radical (unpaired) electrons. The van der Waals surface area contributed by atoms with Crippen molar-refractivity contribution in [2.75, 3.05) is 0 Å². The van der Waals surface area contributed by atoms with Crippen LogP contribution in [-0.4, -0.2) is 9.55 Å². The zero-order valence-electron chi connectivity index (χ0n) is 30.0. The monoisotopic (exact) mass is 698 g/mol. The van der Waals surface area contributed by atoms with E-state index in [-0.39, 0.29) is 0 Å². The summed E-state index contributed by atoms with van der Waals surface area (Å²) < 4.78 is 2.22. The summed E-state index contributed by atoms with van der Waals surface area (Å²) in [7, 11) is 0. The van der Waals surface area contributed by atoms with Gasteiger partial charge in [0.05, 0.1) is 11.0 Å². The zero-order chi connectivity index (χ0) is 36.3. The van der Waals surface area contributed by atoms with Crippen LogP contribution < -0.4 is 0 Å². The molecule has 0 bridgehead atoms. The van der Waals surface area contributed by atoms with E-state index in [1.807, 2.05) is 6.33 Å². The molecule has 1 heterocycles. The Morgan fingerprint density at radius 1 is 0.345 bits per heavy atom. The summed E-state index contributed by atoms with van der Waals surface area (Å²) in [5, 5.41) is 9.95. The first-order valence-electron chi connectivity index (χ1n) is 18.9. The Hall–Kier alpha value is -7.29. The second-order valence-electron chi connectivity index (χ2n) is 14.3. The summed E-state index contributed by atoms with van der Waals surface area (Å²) in [5.41, 5.74) is 12.8. The van der Waals surface area contributed by atoms with Gasteiger partial charge in [0.25, 0.3) is 0 Å². The first kappa shape index (κ1) is 31.3. The third-order valence-electron chi connectivity index (χ3n) is 11.3. The molecule has 11 aromatic rings. The number of aromatic nitrogens is 2. The summed E-state index contributed by atoms with van der Waals surface area (Å²) >= 11 is 0. The fraction of sp³-hybridized carbons (Fsp3) is 0. The number of benzene rings is 10. The minimum Gasteiger partial charge on any atom is -0.299 e. The number of fused-ring (bicyclic) bond motifs is 5. The molecule has 0 aliphatic rings. The van der Waals surface area contributed by atoms with Crippen LogP contribution in [0.5, 0.6) is 0 Å². The third-order valence-corrected chi connectivity index (χ3v) is 11.3. The number of rotatable bonds is 5. The molecule has 0 aliphatic carbocycles. The highest BCUT2D eigenvalue weighted by molar-refractivity contribution is 6.28. The van der Waals surface area contributed by atoms with Crippen LogP contribution in [0.15, 0.2) is 207 Å². The van der Waals surface area contributed by atoms with Gasteiger partial charge in [-0.2, -0.15) is 0 Å². The van der Waals surface area contributed by atoms with Crippen molar-refractivity contribution >= 4 is 54.1 Å². The first-order valence-corrected chi connectivity index (χ1v) is 18.9. The van der Waals surface area contributed by atoms with Crippen LogP contribution in [0.25, 0.3) is 104 Å². The second kappa shape index (κ2) is 12.7. The lowest BCUT2D eigenvalue weighted by Gasteiger charge is -2.22. The van der Waals surface area contributed by atoms with Crippen molar-refractivity contribution in [1.82, 2.24) is 9.55 Å². The van der Waals surface area contributed by atoms with Crippen molar-refractivity contribution in [2.24, 2.45) is 0 Å². The molecule has 0 N–H and O–H groups in total. The van der Waals surface area contributed by atoms with Crippen LogP contribution in [-0.2, 0) is 0 Å². The van der Waals surface area contributed by atoms with Gasteiger partial charge < -0.3 is 0 Å². The standard InChI is InChI=1S/C53H34N2/c1-2-15-37(16-3-1)43-28-14-32-49-53(43)54-34-55(49)39-22-10-21-38(33-39)42-27-13-31-48-50(44-29-11-19-35-17-4-6-23-40(35)44)46-25-8-9-26-47(46)52(51(42)48)45-30-12-20-36-18-5-7-24-41(36)45/h1-34H. The molecular weight excluding hydrogens is 665 g/mol. The Labute approximate surface area is 319 Å². The van der Waals surface area contributed by atoms with Crippen LogP contribution in [0.4, 0.5) is 0 Å². The van der Waals surface area contributed by atoms with Gasteiger partial charge in [-0.1, -0.05) is 182 Å². The van der Waals surface area contributed by atoms with Gasteiger partial charge in [-0.25, -0.2) is 4.98 Å². The van der Waals surface area contributed by atoms with Crippen molar-refractivity contribution in [3.8, 4) is 50.2 Å². The summed E-state index contributed by atoms with van der Waals surface area (Å²) in [6, 6.07) is 72.8. The molecule has 0 atom stereocenters. The zero-order valence-corrected chi connectivity index (χ0v) is 30.0. The van der Waals surface area contributed by atoms with E-state index in [2.05, 4.69) is 205 Å². The van der Waals surface area contributed by atoms with Gasteiger partial charge in [0.1, 0.15) is 6.33 Å². The Balaban J connectivity index is 1.23. The molecule has 55 heavy (non-hydrogen) atoms. The lowest BCUT2D eigenvalue weighted by Crippen LogP contribution is -1.96. The molecule has 0 saturated carbocycles. The molecule has 10 aromatic carbocycles. The molecule has 0 spiro atoms. The van der Waals surface area contributed by atoms with E-state index in [0.29, 0.717) is 0 Å². The van der Waals surface area contributed by atoms with Crippen molar-refractivity contribution < 1.29 is 0 Å². The maximum atomic E-state index is 4.97. The maximum Gasteiger partial charge on any atom is 0.100 e. The van der Waals surface area contributed by atoms with Crippen molar-refractivity contribution in [3.05, 3.63) is 207 Å². The molecule has 0 amide bonds. The average Bonchev–Trinajstić information content (AvgIpc) is 3.70. The third kappa shape index (κ3) is 5.00. The van der Waals surface area contributed by atoms with Gasteiger partial charge in [-0.15, -0.1) is 0 Å². The van der Waals surface area contributed by atoms with E-state index >= 15 is 0 Å². The van der Waals surface area contributed by atoms with Gasteiger partial charge in [-0.05, 0) is 100 Å². The van der Waals surface area contributed by atoms with E-state index in [9.17, 15) is 0 Å². The molecule has 256 valence electrons. The fourth-order valence-electron chi connectivity index (χ4n) is 8.84. The molecule has 0 aliphatic heterocycles. The van der Waals surface area contributed by atoms with Crippen LogP contribution in [0.2, 0.25) is 0 Å². The highest BCUT2D eigenvalue weighted by Gasteiger charge is 2.22. The van der Waals surface area contributed by atoms with Crippen LogP contribution >= 0.6 is 0 Å². The van der Waals surface area contributed by atoms with Crippen molar-refractivity contribution in [3.63, 3.8) is 0 Å². The molecule has 2 nitrogen and oxygen atoms in total. The fourth-order valence-corrected chi connectivity index (χ4v) is 8.84. The molecule has 1 aromatic heterocycles. The van der Waals surface area contributed by atoms with Gasteiger partial charge in [0, 0.05) is 11.3 Å². The molecule has 11 rings (SSSR count). The molecule has 0 fully saturated rings. The quantitative estimate of drug-likeness (QED) is 0.164. The van der Waals surface area contributed by atoms with E-state index in [1.54, 1.807) is 0 Å². The van der Waals surface area contributed by atoms with E-state index in [0.717, 1.165) is 33.4 Å². The number of imidazole rings is 1. The average molecular weight is 699 g/mol. The van der Waals surface area contributed by atoms with Crippen LogP contribution in [0, 0.1) is 0 Å². The summed E-state index contributed by atoms with van der Waals surface area (Å²) in [4.78, 5) is 4.97. The highest BCUT2D eigenvalue weighted by Crippen LogP contribution is 2.49. The summed E-state index contributed by atoms with van der Waals surface area (Å²) in [6.07, 6.45) is 1.97.